The average Bonchev–Trinajstić information content (AvgIpc) is 2.42. The van der Waals surface area contributed by atoms with Gasteiger partial charge in [-0.25, -0.2) is 0 Å². The minimum absolute atomic E-state index is 0.0185. The number of fused-ring (bicyclic) bond motifs is 1. The lowest BCUT2D eigenvalue weighted by Gasteiger charge is -2.26. The fraction of sp³-hybridized carbons (Fsp3) is 0.588. The van der Waals surface area contributed by atoms with Crippen molar-refractivity contribution in [2.75, 3.05) is 18.4 Å². The molecule has 2 atom stereocenters. The molecular formula is C17H26N2O2. The van der Waals surface area contributed by atoms with E-state index in [0.717, 1.165) is 12.1 Å². The molecule has 0 saturated heterocycles. The Hall–Kier alpha value is -1.55. The predicted octanol–water partition coefficient (Wildman–Crippen LogP) is 2.18. The molecule has 1 aromatic carbocycles. The molecule has 0 spiro atoms. The molecule has 1 amide bonds. The van der Waals surface area contributed by atoms with Gasteiger partial charge in [-0.1, -0.05) is 39.0 Å². The number of carbonyl (C=O) groups excluding carboxylic acids is 1. The fourth-order valence-corrected chi connectivity index (χ4v) is 2.77. The van der Waals surface area contributed by atoms with Gasteiger partial charge in [0, 0.05) is 18.8 Å². The van der Waals surface area contributed by atoms with Gasteiger partial charge in [0.1, 0.15) is 0 Å². The second kappa shape index (κ2) is 6.48. The maximum absolute atomic E-state index is 12.2. The normalized spacial score (nSPS) is 19.3. The van der Waals surface area contributed by atoms with Gasteiger partial charge >= 0.3 is 0 Å². The number of para-hydroxylation sites is 1. The smallest absolute Gasteiger partial charge is 0.225 e. The van der Waals surface area contributed by atoms with Crippen molar-refractivity contribution in [3.63, 3.8) is 0 Å². The van der Waals surface area contributed by atoms with Crippen LogP contribution in [0.3, 0.4) is 0 Å². The van der Waals surface area contributed by atoms with Crippen LogP contribution in [0, 0.1) is 11.3 Å². The van der Waals surface area contributed by atoms with Crippen molar-refractivity contribution in [2.45, 2.75) is 39.7 Å². The summed E-state index contributed by atoms with van der Waals surface area (Å²) in [6, 6.07) is 8.08. The molecule has 0 aliphatic carbocycles. The molecule has 1 heterocycles. The van der Waals surface area contributed by atoms with Gasteiger partial charge in [0.2, 0.25) is 5.91 Å². The van der Waals surface area contributed by atoms with Crippen molar-refractivity contribution < 1.29 is 9.90 Å². The van der Waals surface area contributed by atoms with Crippen molar-refractivity contribution in [3.05, 3.63) is 29.8 Å². The number of nitrogens with one attached hydrogen (secondary N) is 2. The Morgan fingerprint density at radius 3 is 2.86 bits per heavy atom. The molecule has 0 radical (unpaired) electrons. The molecule has 21 heavy (non-hydrogen) atoms. The number of benzene rings is 1. The van der Waals surface area contributed by atoms with E-state index >= 15 is 0 Å². The number of hydrogen-bond donors (Lipinski definition) is 3. The van der Waals surface area contributed by atoms with Crippen LogP contribution in [-0.2, 0) is 11.2 Å². The summed E-state index contributed by atoms with van der Waals surface area (Å²) in [7, 11) is 0. The van der Waals surface area contributed by atoms with E-state index in [-0.39, 0.29) is 17.2 Å². The van der Waals surface area contributed by atoms with Crippen LogP contribution in [0.1, 0.15) is 32.8 Å². The Labute approximate surface area is 126 Å². The highest BCUT2D eigenvalue weighted by Gasteiger charge is 2.25. The van der Waals surface area contributed by atoms with Crippen molar-refractivity contribution in [3.8, 4) is 0 Å². The van der Waals surface area contributed by atoms with Gasteiger partial charge in [0.05, 0.1) is 12.0 Å². The standard InChI is InChI=1S/C17H26N2O2/c1-17(2,3)9-14(20)11-19-16(21)13-8-12-6-4-5-7-15(12)18-10-13/h4-7,13-14,18,20H,8-11H2,1-3H3,(H,19,21). The maximum Gasteiger partial charge on any atom is 0.225 e. The fourth-order valence-electron chi connectivity index (χ4n) is 2.77. The van der Waals surface area contributed by atoms with E-state index in [2.05, 4.69) is 37.5 Å². The zero-order chi connectivity index (χ0) is 15.5. The Kier molecular flexibility index (Phi) is 4.88. The molecule has 0 fully saturated rings. The van der Waals surface area contributed by atoms with Crippen molar-refractivity contribution in [1.82, 2.24) is 5.32 Å². The largest absolute Gasteiger partial charge is 0.391 e. The van der Waals surface area contributed by atoms with E-state index in [1.54, 1.807) is 0 Å². The minimum Gasteiger partial charge on any atom is -0.391 e. The van der Waals surface area contributed by atoms with E-state index in [1.807, 2.05) is 18.2 Å². The Morgan fingerprint density at radius 2 is 2.14 bits per heavy atom. The summed E-state index contributed by atoms with van der Waals surface area (Å²) in [5.41, 5.74) is 2.36. The highest BCUT2D eigenvalue weighted by Crippen LogP contribution is 2.24. The van der Waals surface area contributed by atoms with Crippen LogP contribution in [0.15, 0.2) is 24.3 Å². The van der Waals surface area contributed by atoms with Gasteiger partial charge < -0.3 is 15.7 Å². The number of carbonyl (C=O) groups is 1. The van der Waals surface area contributed by atoms with Gasteiger partial charge in [-0.2, -0.15) is 0 Å². The van der Waals surface area contributed by atoms with Crippen molar-refractivity contribution in [2.24, 2.45) is 11.3 Å². The number of rotatable bonds is 4. The molecule has 4 nitrogen and oxygen atoms in total. The third-order valence-corrected chi connectivity index (χ3v) is 3.75. The molecule has 0 saturated carbocycles. The quantitative estimate of drug-likeness (QED) is 0.796. The first-order chi connectivity index (χ1) is 9.85. The number of amides is 1. The van der Waals surface area contributed by atoms with Gasteiger partial charge in [-0.15, -0.1) is 0 Å². The van der Waals surface area contributed by atoms with E-state index in [4.69, 9.17) is 0 Å². The summed E-state index contributed by atoms with van der Waals surface area (Å²) in [6.45, 7) is 7.23. The Morgan fingerprint density at radius 1 is 1.43 bits per heavy atom. The number of anilines is 1. The summed E-state index contributed by atoms with van der Waals surface area (Å²) in [6.07, 6.45) is 0.946. The molecule has 2 rings (SSSR count). The van der Waals surface area contributed by atoms with Crippen molar-refractivity contribution >= 4 is 11.6 Å². The van der Waals surface area contributed by atoms with E-state index < -0.39 is 6.10 Å². The highest BCUT2D eigenvalue weighted by atomic mass is 16.3. The Bertz CT molecular complexity index is 494. The molecule has 2 unspecified atom stereocenters. The van der Waals surface area contributed by atoms with Crippen LogP contribution >= 0.6 is 0 Å². The molecule has 3 N–H and O–H groups in total. The van der Waals surface area contributed by atoms with Crippen LogP contribution in [0.4, 0.5) is 5.69 Å². The topological polar surface area (TPSA) is 61.4 Å². The minimum atomic E-state index is -0.488. The van der Waals surface area contributed by atoms with E-state index in [0.29, 0.717) is 19.5 Å². The van der Waals surface area contributed by atoms with Crippen molar-refractivity contribution in [1.29, 1.82) is 0 Å². The first-order valence-corrected chi connectivity index (χ1v) is 7.63. The van der Waals surface area contributed by atoms with Gasteiger partial charge in [0.15, 0.2) is 0 Å². The lowest BCUT2D eigenvalue weighted by atomic mass is 9.89. The van der Waals surface area contributed by atoms with Gasteiger partial charge in [0.25, 0.3) is 0 Å². The van der Waals surface area contributed by atoms with Crippen LogP contribution in [0.2, 0.25) is 0 Å². The average molecular weight is 290 g/mol. The highest BCUT2D eigenvalue weighted by molar-refractivity contribution is 5.80. The molecule has 116 valence electrons. The third-order valence-electron chi connectivity index (χ3n) is 3.75. The zero-order valence-corrected chi connectivity index (χ0v) is 13.1. The molecule has 1 aliphatic heterocycles. The first kappa shape index (κ1) is 15.8. The second-order valence-corrected chi connectivity index (χ2v) is 7.10. The van der Waals surface area contributed by atoms with Gasteiger partial charge in [-0.3, -0.25) is 4.79 Å². The lowest BCUT2D eigenvalue weighted by Crippen LogP contribution is -2.41. The molecular weight excluding hydrogens is 264 g/mol. The molecule has 1 aliphatic rings. The monoisotopic (exact) mass is 290 g/mol. The maximum atomic E-state index is 12.2. The second-order valence-electron chi connectivity index (χ2n) is 7.10. The van der Waals surface area contributed by atoms with Crippen LogP contribution in [0.5, 0.6) is 0 Å². The molecule has 1 aromatic rings. The molecule has 0 aromatic heterocycles. The Balaban J connectivity index is 1.82. The van der Waals surface area contributed by atoms with Crippen LogP contribution < -0.4 is 10.6 Å². The number of aliphatic hydroxyl groups is 1. The molecule has 0 bridgehead atoms. The van der Waals surface area contributed by atoms with E-state index in [1.165, 1.54) is 5.56 Å². The number of hydrogen-bond acceptors (Lipinski definition) is 3. The lowest BCUT2D eigenvalue weighted by molar-refractivity contribution is -0.125. The first-order valence-electron chi connectivity index (χ1n) is 7.63. The van der Waals surface area contributed by atoms with Crippen LogP contribution in [0.25, 0.3) is 0 Å². The predicted molar refractivity (Wildman–Crippen MR) is 85.2 cm³/mol. The third kappa shape index (κ3) is 4.74. The SMILES string of the molecule is CC(C)(C)CC(O)CNC(=O)C1CNc2ccccc2C1. The summed E-state index contributed by atoms with van der Waals surface area (Å²) < 4.78 is 0. The summed E-state index contributed by atoms with van der Waals surface area (Å²) in [4.78, 5) is 12.2. The summed E-state index contributed by atoms with van der Waals surface area (Å²) in [5, 5.41) is 16.1. The number of aliphatic hydroxyl groups excluding tert-OH is 1. The molecule has 4 heteroatoms. The van der Waals surface area contributed by atoms with Gasteiger partial charge in [-0.05, 0) is 29.9 Å². The summed E-state index contributed by atoms with van der Waals surface area (Å²) in [5.74, 6) is -0.0494. The van der Waals surface area contributed by atoms with Crippen LogP contribution in [-0.4, -0.2) is 30.2 Å². The zero-order valence-electron chi connectivity index (χ0n) is 13.1. The summed E-state index contributed by atoms with van der Waals surface area (Å²) >= 11 is 0. The van der Waals surface area contributed by atoms with E-state index in [9.17, 15) is 9.90 Å².